The molecule has 0 saturated heterocycles. The second-order valence-electron chi connectivity index (χ2n) is 6.91. The Hall–Kier alpha value is -3.20. The molecule has 26 heavy (non-hydrogen) atoms. The topological polar surface area (TPSA) is 28.0 Å². The summed E-state index contributed by atoms with van der Waals surface area (Å²) in [6.07, 6.45) is -0.171. The van der Waals surface area contributed by atoms with Gasteiger partial charge in [0.1, 0.15) is 0 Å². The fourth-order valence-electron chi connectivity index (χ4n) is 3.73. The maximum atomic E-state index is 4.99. The van der Waals surface area contributed by atoms with Gasteiger partial charge in [0.25, 0.3) is 0 Å². The van der Waals surface area contributed by atoms with Crippen LogP contribution in [-0.4, -0.2) is 14.1 Å². The Labute approximate surface area is 151 Å². The third-order valence-electron chi connectivity index (χ3n) is 5.09. The zero-order valence-corrected chi connectivity index (χ0v) is 14.8. The molecule has 126 valence electrons. The average Bonchev–Trinajstić information content (AvgIpc) is 3.14. The predicted molar refractivity (Wildman–Crippen MR) is 107 cm³/mol. The third kappa shape index (κ3) is 2.21. The summed E-state index contributed by atoms with van der Waals surface area (Å²) >= 11 is 0. The van der Waals surface area contributed by atoms with Crippen molar-refractivity contribution in [2.24, 2.45) is 9.98 Å². The Morgan fingerprint density at radius 3 is 1.54 bits per heavy atom. The molecular weight excluding hydrogens is 318 g/mol. The molecule has 1 aliphatic heterocycles. The van der Waals surface area contributed by atoms with E-state index >= 15 is 0 Å². The number of hydrogen-bond acceptors (Lipinski definition) is 3. The van der Waals surface area contributed by atoms with Crippen molar-refractivity contribution in [2.75, 3.05) is 19.0 Å². The van der Waals surface area contributed by atoms with E-state index in [0.29, 0.717) is 0 Å². The van der Waals surface area contributed by atoms with Gasteiger partial charge < -0.3 is 4.90 Å². The third-order valence-corrected chi connectivity index (χ3v) is 5.09. The van der Waals surface area contributed by atoms with Crippen molar-refractivity contribution in [3.63, 3.8) is 0 Å². The van der Waals surface area contributed by atoms with E-state index in [1.54, 1.807) is 0 Å². The van der Waals surface area contributed by atoms with Gasteiger partial charge in [0.15, 0.2) is 6.17 Å². The zero-order valence-electron chi connectivity index (χ0n) is 14.8. The van der Waals surface area contributed by atoms with Gasteiger partial charge in [0, 0.05) is 30.6 Å². The first kappa shape index (κ1) is 15.1. The van der Waals surface area contributed by atoms with E-state index in [4.69, 9.17) is 9.98 Å². The molecule has 3 heteroatoms. The first-order valence-corrected chi connectivity index (χ1v) is 8.85. The van der Waals surface area contributed by atoms with E-state index in [1.165, 1.54) is 27.2 Å². The quantitative estimate of drug-likeness (QED) is 0.508. The number of benzene rings is 4. The molecule has 1 heterocycles. The summed E-state index contributed by atoms with van der Waals surface area (Å²) in [4.78, 5) is 12.1. The van der Waals surface area contributed by atoms with Crippen LogP contribution in [0.3, 0.4) is 0 Å². The van der Waals surface area contributed by atoms with Gasteiger partial charge in [-0.2, -0.15) is 0 Å². The van der Waals surface area contributed by atoms with Crippen LogP contribution in [0, 0.1) is 0 Å². The Morgan fingerprint density at radius 2 is 1.08 bits per heavy atom. The number of fused-ring (bicyclic) bond motifs is 6. The second-order valence-corrected chi connectivity index (χ2v) is 6.91. The second kappa shape index (κ2) is 5.67. The maximum Gasteiger partial charge on any atom is 0.166 e. The molecule has 0 aliphatic carbocycles. The summed E-state index contributed by atoms with van der Waals surface area (Å²) in [5.41, 5.74) is 2.31. The fraction of sp³-hybridized carbons (Fsp3) is 0.130. The lowest BCUT2D eigenvalue weighted by Crippen LogP contribution is -2.23. The monoisotopic (exact) mass is 337 g/mol. The number of anilines is 1. The molecule has 4 aromatic carbocycles. The molecule has 3 nitrogen and oxygen atoms in total. The van der Waals surface area contributed by atoms with Crippen LogP contribution in [0.15, 0.2) is 82.8 Å². The van der Waals surface area contributed by atoms with E-state index in [0.717, 1.165) is 16.3 Å². The van der Waals surface area contributed by atoms with E-state index in [-0.39, 0.29) is 6.17 Å². The largest absolute Gasteiger partial charge is 0.378 e. The van der Waals surface area contributed by atoms with Crippen LogP contribution in [0.1, 0.15) is 11.7 Å². The minimum atomic E-state index is -0.171. The number of nitrogens with zero attached hydrogens (tertiary/aromatic N) is 3. The van der Waals surface area contributed by atoms with Crippen LogP contribution in [0.4, 0.5) is 5.69 Å². The highest BCUT2D eigenvalue weighted by Crippen LogP contribution is 2.26. The van der Waals surface area contributed by atoms with Crippen LogP contribution >= 0.6 is 0 Å². The maximum absolute atomic E-state index is 4.99. The molecule has 1 aliphatic rings. The minimum absolute atomic E-state index is 0.171. The summed E-state index contributed by atoms with van der Waals surface area (Å²) in [7, 11) is 4.10. The summed E-state index contributed by atoms with van der Waals surface area (Å²) < 4.78 is 0. The van der Waals surface area contributed by atoms with E-state index in [1.807, 2.05) is 14.1 Å². The molecule has 5 rings (SSSR count). The van der Waals surface area contributed by atoms with Gasteiger partial charge in [-0.15, -0.1) is 0 Å². The SMILES string of the molecule is CN(C)c1ccc(C2N=c3c(c4ccccc4c4ccccc34)=N2)cc1. The van der Waals surface area contributed by atoms with Gasteiger partial charge in [-0.3, -0.25) is 9.98 Å². The van der Waals surface area contributed by atoms with Crippen molar-refractivity contribution < 1.29 is 0 Å². The van der Waals surface area contributed by atoms with Gasteiger partial charge in [-0.1, -0.05) is 60.7 Å². The van der Waals surface area contributed by atoms with Gasteiger partial charge in [0.2, 0.25) is 0 Å². The van der Waals surface area contributed by atoms with Gasteiger partial charge in [0.05, 0.1) is 10.7 Å². The highest BCUT2D eigenvalue weighted by atomic mass is 15.1. The number of rotatable bonds is 2. The normalized spacial score (nSPS) is 13.5. The van der Waals surface area contributed by atoms with Crippen LogP contribution in [0.5, 0.6) is 0 Å². The molecule has 0 unspecified atom stereocenters. The molecule has 0 N–H and O–H groups in total. The lowest BCUT2D eigenvalue weighted by molar-refractivity contribution is 0.772. The molecule has 0 bridgehead atoms. The van der Waals surface area contributed by atoms with Crippen LogP contribution < -0.4 is 15.6 Å². The van der Waals surface area contributed by atoms with Crippen LogP contribution in [0.25, 0.3) is 21.5 Å². The van der Waals surface area contributed by atoms with Gasteiger partial charge in [-0.25, -0.2) is 0 Å². The highest BCUT2D eigenvalue weighted by Gasteiger charge is 2.17. The molecule has 0 atom stereocenters. The van der Waals surface area contributed by atoms with Crippen molar-refractivity contribution in [2.45, 2.75) is 6.17 Å². The van der Waals surface area contributed by atoms with Crippen molar-refractivity contribution in [1.82, 2.24) is 0 Å². The van der Waals surface area contributed by atoms with Crippen molar-refractivity contribution in [3.8, 4) is 0 Å². The van der Waals surface area contributed by atoms with Crippen molar-refractivity contribution in [3.05, 3.63) is 89.1 Å². The Kier molecular flexibility index (Phi) is 3.29. The Morgan fingerprint density at radius 1 is 0.615 bits per heavy atom. The number of hydrogen-bond donors (Lipinski definition) is 0. The molecule has 0 radical (unpaired) electrons. The van der Waals surface area contributed by atoms with E-state index in [2.05, 4.69) is 77.7 Å². The molecular formula is C23H19N3. The van der Waals surface area contributed by atoms with Crippen LogP contribution in [-0.2, 0) is 0 Å². The highest BCUT2D eigenvalue weighted by molar-refractivity contribution is 6.07. The first-order chi connectivity index (χ1) is 12.7. The smallest absolute Gasteiger partial charge is 0.166 e. The lowest BCUT2D eigenvalue weighted by atomic mass is 10.0. The summed E-state index contributed by atoms with van der Waals surface area (Å²) in [6.45, 7) is 0. The van der Waals surface area contributed by atoms with E-state index in [9.17, 15) is 0 Å². The Balaban J connectivity index is 1.78. The van der Waals surface area contributed by atoms with Crippen molar-refractivity contribution >= 4 is 27.2 Å². The van der Waals surface area contributed by atoms with Gasteiger partial charge >= 0.3 is 0 Å². The van der Waals surface area contributed by atoms with E-state index < -0.39 is 0 Å². The fourth-order valence-corrected chi connectivity index (χ4v) is 3.73. The van der Waals surface area contributed by atoms with Gasteiger partial charge in [-0.05, 0) is 28.5 Å². The summed E-state index contributed by atoms with van der Waals surface area (Å²) in [5, 5.41) is 6.87. The molecule has 0 saturated carbocycles. The molecule has 4 aromatic rings. The minimum Gasteiger partial charge on any atom is -0.378 e. The standard InChI is InChI=1S/C23H19N3/c1-26(2)16-13-11-15(12-14-16)23-24-21-19-9-5-3-7-17(19)18-8-4-6-10-20(18)22(21)25-23/h3-14,23H,1-2H3. The summed E-state index contributed by atoms with van der Waals surface area (Å²) in [5.74, 6) is 0. The Bertz CT molecular complexity index is 1180. The van der Waals surface area contributed by atoms with Crippen LogP contribution in [0.2, 0.25) is 0 Å². The first-order valence-electron chi connectivity index (χ1n) is 8.85. The van der Waals surface area contributed by atoms with Crippen molar-refractivity contribution in [1.29, 1.82) is 0 Å². The average molecular weight is 337 g/mol. The molecule has 0 spiro atoms. The molecule has 0 fully saturated rings. The summed E-state index contributed by atoms with van der Waals surface area (Å²) in [6, 6.07) is 25.5. The predicted octanol–water partition coefficient (Wildman–Crippen LogP) is 4.01. The molecule has 0 aromatic heterocycles. The zero-order chi connectivity index (χ0) is 17.7. The molecule has 0 amide bonds. The lowest BCUT2D eigenvalue weighted by Gasteiger charge is -2.13.